The Labute approximate surface area is 93.5 Å². The van der Waals surface area contributed by atoms with E-state index in [2.05, 4.69) is 15.9 Å². The van der Waals surface area contributed by atoms with Gasteiger partial charge in [0.15, 0.2) is 0 Å². The molecule has 1 aliphatic rings. The van der Waals surface area contributed by atoms with Crippen LogP contribution in [0.25, 0.3) is 0 Å². The lowest BCUT2D eigenvalue weighted by molar-refractivity contribution is -0.142. The summed E-state index contributed by atoms with van der Waals surface area (Å²) in [6, 6.07) is 1.96. The second-order valence-electron chi connectivity index (χ2n) is 3.51. The minimum atomic E-state index is -1.14. The minimum absolute atomic E-state index is 0.201. The highest BCUT2D eigenvalue weighted by atomic mass is 79.9. The maximum Gasteiger partial charge on any atom is 0.306 e. The molecule has 0 spiro atoms. The van der Waals surface area contributed by atoms with Crippen molar-refractivity contribution in [3.63, 3.8) is 0 Å². The molecule has 76 valence electrons. The van der Waals surface area contributed by atoms with Gasteiger partial charge in [0.05, 0.1) is 10.2 Å². The number of aryl methyl sites for hydroxylation is 1. The number of carboxylic acid groups (broad SMARTS) is 1. The second-order valence-corrected chi connectivity index (χ2v) is 5.94. The van der Waals surface area contributed by atoms with Crippen LogP contribution in [-0.2, 0) is 16.8 Å². The van der Waals surface area contributed by atoms with Crippen molar-refractivity contribution in [2.45, 2.75) is 24.9 Å². The van der Waals surface area contributed by atoms with E-state index in [-0.39, 0.29) is 6.42 Å². The van der Waals surface area contributed by atoms with Crippen molar-refractivity contribution in [3.05, 3.63) is 20.3 Å². The molecule has 0 aromatic carbocycles. The van der Waals surface area contributed by atoms with Crippen molar-refractivity contribution in [2.75, 3.05) is 0 Å². The summed E-state index contributed by atoms with van der Waals surface area (Å²) in [7, 11) is 0. The number of carbonyl (C=O) groups is 1. The molecule has 0 aliphatic heterocycles. The Morgan fingerprint density at radius 1 is 1.71 bits per heavy atom. The Morgan fingerprint density at radius 3 is 3.07 bits per heavy atom. The van der Waals surface area contributed by atoms with Gasteiger partial charge < -0.3 is 10.2 Å². The normalized spacial score (nSPS) is 25.0. The van der Waals surface area contributed by atoms with Crippen LogP contribution in [-0.4, -0.2) is 16.2 Å². The number of halogens is 1. The molecule has 1 unspecified atom stereocenters. The van der Waals surface area contributed by atoms with Crippen LogP contribution in [0.4, 0.5) is 0 Å². The van der Waals surface area contributed by atoms with Gasteiger partial charge in [-0.05, 0) is 40.4 Å². The summed E-state index contributed by atoms with van der Waals surface area (Å²) in [5.74, 6) is -0.954. The van der Waals surface area contributed by atoms with Crippen LogP contribution in [0, 0.1) is 0 Å². The second kappa shape index (κ2) is 3.32. The predicted molar refractivity (Wildman–Crippen MR) is 56.5 cm³/mol. The van der Waals surface area contributed by atoms with Crippen molar-refractivity contribution in [2.24, 2.45) is 0 Å². The van der Waals surface area contributed by atoms with Crippen LogP contribution in [0.15, 0.2) is 9.85 Å². The topological polar surface area (TPSA) is 57.5 Å². The number of fused-ring (bicyclic) bond motifs is 1. The average molecular weight is 277 g/mol. The number of hydrogen-bond donors (Lipinski definition) is 2. The van der Waals surface area contributed by atoms with Crippen molar-refractivity contribution < 1.29 is 15.0 Å². The van der Waals surface area contributed by atoms with E-state index < -0.39 is 11.6 Å². The van der Waals surface area contributed by atoms with E-state index in [1.165, 1.54) is 11.3 Å². The molecule has 0 radical (unpaired) electrons. The van der Waals surface area contributed by atoms with E-state index >= 15 is 0 Å². The highest BCUT2D eigenvalue weighted by molar-refractivity contribution is 9.11. The van der Waals surface area contributed by atoms with Crippen LogP contribution in [0.1, 0.15) is 23.3 Å². The number of hydrogen-bond acceptors (Lipinski definition) is 3. The summed E-state index contributed by atoms with van der Waals surface area (Å²) >= 11 is 4.76. The molecular weight excluding hydrogens is 268 g/mol. The summed E-state index contributed by atoms with van der Waals surface area (Å²) in [5.41, 5.74) is -0.0664. The summed E-state index contributed by atoms with van der Waals surface area (Å²) < 4.78 is 0.950. The van der Waals surface area contributed by atoms with Crippen molar-refractivity contribution >= 4 is 33.2 Å². The Balaban J connectivity index is 2.35. The Hall–Kier alpha value is -0.390. The van der Waals surface area contributed by atoms with E-state index in [0.717, 1.165) is 20.6 Å². The predicted octanol–water partition coefficient (Wildman–Crippen LogP) is 2.12. The van der Waals surface area contributed by atoms with E-state index in [0.29, 0.717) is 6.42 Å². The summed E-state index contributed by atoms with van der Waals surface area (Å²) in [6.07, 6.45) is 1.09. The van der Waals surface area contributed by atoms with Gasteiger partial charge in [-0.15, -0.1) is 11.3 Å². The van der Waals surface area contributed by atoms with Crippen LogP contribution in [0.3, 0.4) is 0 Å². The number of aliphatic hydroxyl groups is 1. The van der Waals surface area contributed by atoms with Gasteiger partial charge in [0, 0.05) is 4.88 Å². The molecule has 3 nitrogen and oxygen atoms in total. The van der Waals surface area contributed by atoms with Gasteiger partial charge in [0.2, 0.25) is 0 Å². The number of carboxylic acids is 1. The zero-order valence-electron chi connectivity index (χ0n) is 7.29. The highest BCUT2D eigenvalue weighted by Crippen LogP contribution is 2.45. The molecule has 1 heterocycles. The first-order chi connectivity index (χ1) is 6.51. The van der Waals surface area contributed by atoms with E-state index in [4.69, 9.17) is 5.11 Å². The first kappa shape index (κ1) is 10.1. The largest absolute Gasteiger partial charge is 0.481 e. The number of aliphatic carboxylic acids is 1. The summed E-state index contributed by atoms with van der Waals surface area (Å²) in [6.45, 7) is 0. The lowest BCUT2D eigenvalue weighted by Gasteiger charge is -2.19. The van der Waals surface area contributed by atoms with Crippen LogP contribution in [0.5, 0.6) is 0 Å². The zero-order valence-corrected chi connectivity index (χ0v) is 9.69. The maximum atomic E-state index is 10.6. The van der Waals surface area contributed by atoms with Crippen molar-refractivity contribution in [1.29, 1.82) is 0 Å². The molecule has 5 heteroatoms. The average Bonchev–Trinajstić information content (AvgIpc) is 2.52. The molecule has 1 aromatic rings. The van der Waals surface area contributed by atoms with Gasteiger partial charge in [-0.25, -0.2) is 0 Å². The fraction of sp³-hybridized carbons (Fsp3) is 0.444. The molecule has 14 heavy (non-hydrogen) atoms. The van der Waals surface area contributed by atoms with Gasteiger partial charge in [-0.2, -0.15) is 0 Å². The summed E-state index contributed by atoms with van der Waals surface area (Å²) in [5, 5.41) is 18.8. The smallest absolute Gasteiger partial charge is 0.306 e. The van der Waals surface area contributed by atoms with E-state index in [1.54, 1.807) is 0 Å². The van der Waals surface area contributed by atoms with Crippen LogP contribution in [0.2, 0.25) is 0 Å². The quantitative estimate of drug-likeness (QED) is 0.870. The molecule has 0 saturated heterocycles. The van der Waals surface area contributed by atoms with Crippen LogP contribution < -0.4 is 0 Å². The molecule has 1 atom stereocenters. The van der Waals surface area contributed by atoms with Crippen molar-refractivity contribution in [1.82, 2.24) is 0 Å². The number of rotatable bonds is 2. The first-order valence-electron chi connectivity index (χ1n) is 4.24. The molecule has 0 saturated carbocycles. The molecule has 1 aliphatic carbocycles. The zero-order chi connectivity index (χ0) is 10.3. The fourth-order valence-electron chi connectivity index (χ4n) is 1.85. The molecular formula is C9H9BrO3S. The standard InChI is InChI=1S/C9H9BrO3S/c10-6-3-5-1-2-9(13,4-7(11)12)8(5)14-6/h3,13H,1-2,4H2,(H,11,12). The third-order valence-corrected chi connectivity index (χ3v) is 4.33. The van der Waals surface area contributed by atoms with Gasteiger partial charge in [0.1, 0.15) is 5.60 Å². The first-order valence-corrected chi connectivity index (χ1v) is 5.85. The monoisotopic (exact) mass is 276 g/mol. The third-order valence-electron chi connectivity index (χ3n) is 2.45. The number of thiophene rings is 1. The molecule has 1 aromatic heterocycles. The maximum absolute atomic E-state index is 10.6. The molecule has 0 fully saturated rings. The van der Waals surface area contributed by atoms with Gasteiger partial charge in [-0.1, -0.05) is 0 Å². The Kier molecular flexibility index (Phi) is 2.41. The molecule has 2 rings (SSSR count). The highest BCUT2D eigenvalue weighted by Gasteiger charge is 2.40. The van der Waals surface area contributed by atoms with Gasteiger partial charge in [-0.3, -0.25) is 4.79 Å². The third kappa shape index (κ3) is 1.60. The van der Waals surface area contributed by atoms with Gasteiger partial charge in [0.25, 0.3) is 0 Å². The lowest BCUT2D eigenvalue weighted by atomic mass is 9.99. The van der Waals surface area contributed by atoms with Gasteiger partial charge >= 0.3 is 5.97 Å². The Bertz CT molecular complexity index is 387. The SMILES string of the molecule is O=C(O)CC1(O)CCc2cc(Br)sc21. The van der Waals surface area contributed by atoms with Crippen LogP contribution >= 0.6 is 27.3 Å². The van der Waals surface area contributed by atoms with Crippen molar-refractivity contribution in [3.8, 4) is 0 Å². The minimum Gasteiger partial charge on any atom is -0.481 e. The summed E-state index contributed by atoms with van der Waals surface area (Å²) in [4.78, 5) is 11.4. The fourth-order valence-corrected chi connectivity index (χ4v) is 3.66. The molecule has 0 amide bonds. The van der Waals surface area contributed by atoms with E-state index in [1.807, 2.05) is 6.07 Å². The van der Waals surface area contributed by atoms with E-state index in [9.17, 15) is 9.90 Å². The Morgan fingerprint density at radius 2 is 2.43 bits per heavy atom. The molecule has 2 N–H and O–H groups in total. The molecule has 0 bridgehead atoms. The lowest BCUT2D eigenvalue weighted by Crippen LogP contribution is -2.25.